The number of rotatable bonds is 2. The number of hydrogen-bond donors (Lipinski definition) is 0. The summed E-state index contributed by atoms with van der Waals surface area (Å²) in [5.74, 6) is 6.20. The average molecular weight is 238 g/mol. The van der Waals surface area contributed by atoms with Crippen LogP contribution >= 0.6 is 0 Å². The first-order valence-electron chi connectivity index (χ1n) is 5.99. The largest absolute Gasteiger partial charge is 0.106 e. The van der Waals surface area contributed by atoms with E-state index in [9.17, 15) is 0 Å². The van der Waals surface area contributed by atoms with Crippen LogP contribution in [0.5, 0.6) is 0 Å². The van der Waals surface area contributed by atoms with Gasteiger partial charge in [-0.05, 0) is 32.8 Å². The van der Waals surface area contributed by atoms with Gasteiger partial charge in [0.1, 0.15) is 0 Å². The Balaban J connectivity index is 0.00000137. The van der Waals surface area contributed by atoms with Gasteiger partial charge >= 0.3 is 0 Å². The fraction of sp³-hybridized carbons (Fsp3) is 0.222. The van der Waals surface area contributed by atoms with Gasteiger partial charge in [0.05, 0.1) is 0 Å². The summed E-state index contributed by atoms with van der Waals surface area (Å²) >= 11 is 0. The minimum atomic E-state index is 0.829. The molecular weight excluding hydrogens is 216 g/mol. The monoisotopic (exact) mass is 238 g/mol. The standard InChI is InChI=1S/C16H18.C2H4/c1-13(2)5-6-14(3)7-10-16-11-8-15(4)9-12-16;1-2/h5-6,8,11H,1,3,9,12H2,2,4H3;1-2H2/b6-5-;. The van der Waals surface area contributed by atoms with E-state index in [1.54, 1.807) is 0 Å². The first-order chi connectivity index (χ1) is 8.58. The number of allylic oxidation sites excluding steroid dienone is 8. The van der Waals surface area contributed by atoms with Gasteiger partial charge in [0.15, 0.2) is 0 Å². The van der Waals surface area contributed by atoms with Crippen molar-refractivity contribution >= 4 is 0 Å². The number of hydrogen-bond acceptors (Lipinski definition) is 0. The van der Waals surface area contributed by atoms with E-state index in [2.05, 4.69) is 57.2 Å². The highest BCUT2D eigenvalue weighted by Crippen LogP contribution is 2.16. The molecule has 1 aliphatic carbocycles. The van der Waals surface area contributed by atoms with Crippen molar-refractivity contribution in [1.82, 2.24) is 0 Å². The molecule has 0 fully saturated rings. The van der Waals surface area contributed by atoms with E-state index in [0.29, 0.717) is 0 Å². The molecular formula is C18H22. The van der Waals surface area contributed by atoms with Crippen molar-refractivity contribution in [3.63, 3.8) is 0 Å². The van der Waals surface area contributed by atoms with Crippen molar-refractivity contribution in [2.45, 2.75) is 26.7 Å². The van der Waals surface area contributed by atoms with Gasteiger partial charge in [0, 0.05) is 11.1 Å². The lowest BCUT2D eigenvalue weighted by molar-refractivity contribution is 0.934. The molecule has 1 aliphatic rings. The van der Waals surface area contributed by atoms with E-state index in [1.807, 2.05) is 19.1 Å². The normalized spacial score (nSPS) is 13.4. The van der Waals surface area contributed by atoms with Crippen LogP contribution < -0.4 is 0 Å². The van der Waals surface area contributed by atoms with E-state index in [4.69, 9.17) is 0 Å². The van der Waals surface area contributed by atoms with Crippen LogP contribution in [0, 0.1) is 11.8 Å². The topological polar surface area (TPSA) is 0 Å². The lowest BCUT2D eigenvalue weighted by Gasteiger charge is -2.05. The second-order valence-electron chi connectivity index (χ2n) is 4.16. The van der Waals surface area contributed by atoms with Crippen LogP contribution in [-0.4, -0.2) is 0 Å². The van der Waals surface area contributed by atoms with Crippen LogP contribution in [0.3, 0.4) is 0 Å². The molecule has 94 valence electrons. The summed E-state index contributed by atoms with van der Waals surface area (Å²) in [7, 11) is 0. The maximum absolute atomic E-state index is 3.88. The van der Waals surface area contributed by atoms with Crippen LogP contribution in [0.15, 0.2) is 72.9 Å². The van der Waals surface area contributed by atoms with E-state index in [-0.39, 0.29) is 0 Å². The molecule has 0 heterocycles. The average Bonchev–Trinajstić information content (AvgIpc) is 2.38. The SMILES string of the molecule is C=C.C=C(C)/C=C\C(=C)C#CC1=CC=C(C)CC1. The molecule has 0 aromatic rings. The molecule has 0 bridgehead atoms. The Morgan fingerprint density at radius 1 is 1.17 bits per heavy atom. The van der Waals surface area contributed by atoms with Crippen molar-refractivity contribution in [1.29, 1.82) is 0 Å². The van der Waals surface area contributed by atoms with Crippen molar-refractivity contribution in [2.24, 2.45) is 0 Å². The van der Waals surface area contributed by atoms with Gasteiger partial charge in [0.25, 0.3) is 0 Å². The van der Waals surface area contributed by atoms with Gasteiger partial charge in [-0.1, -0.05) is 54.4 Å². The molecule has 0 saturated heterocycles. The molecule has 0 unspecified atom stereocenters. The molecule has 0 saturated carbocycles. The van der Waals surface area contributed by atoms with Crippen molar-refractivity contribution in [3.05, 3.63) is 72.9 Å². The fourth-order valence-corrected chi connectivity index (χ4v) is 1.29. The highest BCUT2D eigenvalue weighted by atomic mass is 14.0. The van der Waals surface area contributed by atoms with E-state index in [0.717, 1.165) is 24.0 Å². The lowest BCUT2D eigenvalue weighted by Crippen LogP contribution is -1.88. The summed E-state index contributed by atoms with van der Waals surface area (Å²) in [6, 6.07) is 0. The summed E-state index contributed by atoms with van der Waals surface area (Å²) in [6.07, 6.45) is 10.2. The molecule has 0 nitrogen and oxygen atoms in total. The van der Waals surface area contributed by atoms with Gasteiger partial charge in [-0.2, -0.15) is 0 Å². The molecule has 0 aromatic heterocycles. The molecule has 0 heteroatoms. The van der Waals surface area contributed by atoms with E-state index in [1.165, 1.54) is 11.1 Å². The van der Waals surface area contributed by atoms with Crippen molar-refractivity contribution in [2.75, 3.05) is 0 Å². The zero-order valence-corrected chi connectivity index (χ0v) is 11.6. The molecule has 0 aliphatic heterocycles. The highest BCUT2D eigenvalue weighted by Gasteiger charge is 1.99. The maximum Gasteiger partial charge on any atom is 0.0177 e. The summed E-state index contributed by atoms with van der Waals surface area (Å²) in [4.78, 5) is 0. The van der Waals surface area contributed by atoms with E-state index >= 15 is 0 Å². The second-order valence-corrected chi connectivity index (χ2v) is 4.16. The van der Waals surface area contributed by atoms with Crippen LogP contribution in [0.25, 0.3) is 0 Å². The zero-order valence-electron chi connectivity index (χ0n) is 11.6. The maximum atomic E-state index is 3.88. The van der Waals surface area contributed by atoms with E-state index < -0.39 is 0 Å². The summed E-state index contributed by atoms with van der Waals surface area (Å²) in [5, 5.41) is 0. The molecule has 0 atom stereocenters. The second kappa shape index (κ2) is 9.07. The lowest BCUT2D eigenvalue weighted by atomic mass is 10.00. The van der Waals surface area contributed by atoms with Gasteiger partial charge in [-0.25, -0.2) is 0 Å². The Hall–Kier alpha value is -2.00. The smallest absolute Gasteiger partial charge is 0.0177 e. The Bertz CT molecular complexity index is 456. The molecule has 0 amide bonds. The molecule has 0 spiro atoms. The van der Waals surface area contributed by atoms with Crippen molar-refractivity contribution < 1.29 is 0 Å². The minimum absolute atomic E-state index is 0.829. The summed E-state index contributed by atoms with van der Waals surface area (Å²) < 4.78 is 0. The van der Waals surface area contributed by atoms with Crippen LogP contribution in [0.4, 0.5) is 0 Å². The predicted octanol–water partition coefficient (Wildman–Crippen LogP) is 5.15. The first kappa shape index (κ1) is 16.0. The third-order valence-electron chi connectivity index (χ3n) is 2.31. The predicted molar refractivity (Wildman–Crippen MR) is 83.2 cm³/mol. The molecule has 0 N–H and O–H groups in total. The fourth-order valence-electron chi connectivity index (χ4n) is 1.29. The van der Waals surface area contributed by atoms with Gasteiger partial charge in [-0.3, -0.25) is 0 Å². The minimum Gasteiger partial charge on any atom is -0.106 e. The Kier molecular flexibility index (Phi) is 8.07. The zero-order chi connectivity index (χ0) is 14.0. The molecule has 18 heavy (non-hydrogen) atoms. The molecule has 0 radical (unpaired) electrons. The van der Waals surface area contributed by atoms with Crippen LogP contribution in [0.2, 0.25) is 0 Å². The van der Waals surface area contributed by atoms with Gasteiger partial charge in [0.2, 0.25) is 0 Å². The quantitative estimate of drug-likeness (QED) is 0.355. The molecule has 0 aromatic carbocycles. The highest BCUT2D eigenvalue weighted by molar-refractivity contribution is 5.45. The Morgan fingerprint density at radius 2 is 1.83 bits per heavy atom. The Labute approximate surface area is 112 Å². The first-order valence-corrected chi connectivity index (χ1v) is 5.99. The van der Waals surface area contributed by atoms with Crippen LogP contribution in [-0.2, 0) is 0 Å². The summed E-state index contributed by atoms with van der Waals surface area (Å²) in [6.45, 7) is 17.8. The third-order valence-corrected chi connectivity index (χ3v) is 2.31. The Morgan fingerprint density at radius 3 is 2.33 bits per heavy atom. The van der Waals surface area contributed by atoms with Crippen molar-refractivity contribution in [3.8, 4) is 11.8 Å². The summed E-state index contributed by atoms with van der Waals surface area (Å²) in [5.41, 5.74) is 4.45. The third kappa shape index (κ3) is 7.30. The molecule has 1 rings (SSSR count). The van der Waals surface area contributed by atoms with Crippen LogP contribution in [0.1, 0.15) is 26.7 Å². The van der Waals surface area contributed by atoms with Gasteiger partial charge < -0.3 is 0 Å². The van der Waals surface area contributed by atoms with Gasteiger partial charge in [-0.15, -0.1) is 13.2 Å².